The van der Waals surface area contributed by atoms with Crippen molar-refractivity contribution in [3.05, 3.63) is 40.9 Å². The highest BCUT2D eigenvalue weighted by atomic mass is 32.2. The molecule has 0 saturated heterocycles. The van der Waals surface area contributed by atoms with Crippen LogP contribution in [0.25, 0.3) is 11.5 Å². The van der Waals surface area contributed by atoms with Crippen molar-refractivity contribution in [3.63, 3.8) is 0 Å². The molecule has 2 heterocycles. The molecule has 1 amide bonds. The number of carbonyl (C=O) groups is 2. The maximum absolute atomic E-state index is 12.2. The number of ether oxygens (including phenoxy) is 1. The molecule has 25 heavy (non-hydrogen) atoms. The molecule has 0 aromatic carbocycles. The van der Waals surface area contributed by atoms with Crippen LogP contribution >= 0.6 is 11.8 Å². The number of nitrogens with zero attached hydrogens (tertiary/aromatic N) is 2. The quantitative estimate of drug-likeness (QED) is 0.694. The molecular formula is C16H19N3O5S. The van der Waals surface area contributed by atoms with Crippen molar-refractivity contribution in [3.8, 4) is 11.5 Å². The summed E-state index contributed by atoms with van der Waals surface area (Å²) < 4.78 is 10.9. The molecule has 134 valence electrons. The van der Waals surface area contributed by atoms with Gasteiger partial charge in [0.15, 0.2) is 5.76 Å². The second-order valence-electron chi connectivity index (χ2n) is 5.12. The molecule has 0 aliphatic rings. The first-order valence-corrected chi connectivity index (χ1v) is 8.92. The summed E-state index contributed by atoms with van der Waals surface area (Å²) >= 11 is 1.55. The van der Waals surface area contributed by atoms with Crippen molar-refractivity contribution < 1.29 is 18.7 Å². The average Bonchev–Trinajstić information content (AvgIpc) is 3.14. The van der Waals surface area contributed by atoms with Crippen molar-refractivity contribution in [2.75, 3.05) is 19.1 Å². The third kappa shape index (κ3) is 5.21. The highest BCUT2D eigenvalue weighted by molar-refractivity contribution is 7.98. The molecule has 0 spiro atoms. The number of furan rings is 1. The molecular weight excluding hydrogens is 346 g/mol. The minimum absolute atomic E-state index is 0.305. The van der Waals surface area contributed by atoms with Gasteiger partial charge < -0.3 is 14.5 Å². The normalized spacial score (nSPS) is 11.8. The first-order chi connectivity index (χ1) is 12.0. The van der Waals surface area contributed by atoms with Crippen LogP contribution in [0.2, 0.25) is 0 Å². The highest BCUT2D eigenvalue weighted by Gasteiger charge is 2.21. The summed E-state index contributed by atoms with van der Waals surface area (Å²) in [6.45, 7) is -0.305. The fraction of sp³-hybridized carbons (Fsp3) is 0.375. The van der Waals surface area contributed by atoms with Crippen LogP contribution in [0, 0.1) is 0 Å². The van der Waals surface area contributed by atoms with Gasteiger partial charge in [0.1, 0.15) is 18.3 Å². The smallest absolute Gasteiger partial charge is 0.328 e. The standard InChI is InChI=1S/C16H19N3O5S/c1-23-16(22)12(7-9-25-2)17-14(20)10-19-15(21)6-5-11(18-19)13-4-3-8-24-13/h3-6,8,12H,7,9-10H2,1-2H3,(H,17,20). The molecule has 2 aromatic rings. The van der Waals surface area contributed by atoms with Gasteiger partial charge in [-0.2, -0.15) is 16.9 Å². The van der Waals surface area contributed by atoms with E-state index in [1.54, 1.807) is 23.9 Å². The zero-order chi connectivity index (χ0) is 18.2. The minimum Gasteiger partial charge on any atom is -0.467 e. The number of carbonyl (C=O) groups excluding carboxylic acids is 2. The number of hydrogen-bond acceptors (Lipinski definition) is 7. The Morgan fingerprint density at radius 2 is 2.20 bits per heavy atom. The van der Waals surface area contributed by atoms with Crippen LogP contribution in [0.15, 0.2) is 39.7 Å². The second-order valence-corrected chi connectivity index (χ2v) is 6.10. The Hall–Kier alpha value is -2.55. The lowest BCUT2D eigenvalue weighted by molar-refractivity contribution is -0.145. The number of thioether (sulfide) groups is 1. The first-order valence-electron chi connectivity index (χ1n) is 7.53. The number of esters is 1. The van der Waals surface area contributed by atoms with E-state index in [-0.39, 0.29) is 6.54 Å². The number of amides is 1. The lowest BCUT2D eigenvalue weighted by Crippen LogP contribution is -2.44. The third-order valence-corrected chi connectivity index (χ3v) is 4.01. The fourth-order valence-corrected chi connectivity index (χ4v) is 2.59. The Morgan fingerprint density at radius 3 is 2.84 bits per heavy atom. The van der Waals surface area contributed by atoms with Gasteiger partial charge in [0, 0.05) is 6.07 Å². The maximum atomic E-state index is 12.2. The van der Waals surface area contributed by atoms with Gasteiger partial charge in [-0.3, -0.25) is 9.59 Å². The molecule has 0 fully saturated rings. The Kier molecular flexibility index (Phi) is 6.81. The largest absolute Gasteiger partial charge is 0.467 e. The van der Waals surface area contributed by atoms with Crippen molar-refractivity contribution in [2.24, 2.45) is 0 Å². The van der Waals surface area contributed by atoms with Crippen LogP contribution in [0.3, 0.4) is 0 Å². The molecule has 0 saturated carbocycles. The third-order valence-electron chi connectivity index (χ3n) is 3.37. The lowest BCUT2D eigenvalue weighted by atomic mass is 10.2. The van der Waals surface area contributed by atoms with Gasteiger partial charge in [-0.05, 0) is 36.6 Å². The van der Waals surface area contributed by atoms with Gasteiger partial charge in [-0.25, -0.2) is 9.48 Å². The zero-order valence-corrected chi connectivity index (χ0v) is 14.7. The van der Waals surface area contributed by atoms with E-state index >= 15 is 0 Å². The highest BCUT2D eigenvalue weighted by Crippen LogP contribution is 2.14. The topological polar surface area (TPSA) is 103 Å². The summed E-state index contributed by atoms with van der Waals surface area (Å²) in [4.78, 5) is 35.9. The number of hydrogen-bond donors (Lipinski definition) is 1. The molecule has 1 atom stereocenters. The summed E-state index contributed by atoms with van der Waals surface area (Å²) in [6, 6.07) is 5.47. The van der Waals surface area contributed by atoms with E-state index in [9.17, 15) is 14.4 Å². The van der Waals surface area contributed by atoms with Crippen LogP contribution in [-0.4, -0.2) is 46.8 Å². The van der Waals surface area contributed by atoms with Gasteiger partial charge in [0.25, 0.3) is 5.56 Å². The Labute approximate surface area is 148 Å². The fourth-order valence-electron chi connectivity index (χ4n) is 2.12. The molecule has 8 nitrogen and oxygen atoms in total. The molecule has 0 bridgehead atoms. The lowest BCUT2D eigenvalue weighted by Gasteiger charge is -2.16. The van der Waals surface area contributed by atoms with E-state index in [2.05, 4.69) is 10.4 Å². The predicted octanol–water partition coefficient (Wildman–Crippen LogP) is 0.914. The summed E-state index contributed by atoms with van der Waals surface area (Å²) in [7, 11) is 1.26. The van der Waals surface area contributed by atoms with Crippen molar-refractivity contribution in [2.45, 2.75) is 19.0 Å². The van der Waals surface area contributed by atoms with Crippen molar-refractivity contribution in [1.82, 2.24) is 15.1 Å². The Balaban J connectivity index is 2.10. The number of rotatable bonds is 8. The molecule has 0 radical (unpaired) electrons. The van der Waals surface area contributed by atoms with Crippen molar-refractivity contribution in [1.29, 1.82) is 0 Å². The monoisotopic (exact) mass is 365 g/mol. The van der Waals surface area contributed by atoms with E-state index in [1.165, 1.54) is 25.5 Å². The van der Waals surface area contributed by atoms with E-state index < -0.39 is 23.5 Å². The van der Waals surface area contributed by atoms with E-state index in [0.29, 0.717) is 23.6 Å². The maximum Gasteiger partial charge on any atom is 0.328 e. The second kappa shape index (κ2) is 9.07. The Morgan fingerprint density at radius 1 is 1.40 bits per heavy atom. The molecule has 2 rings (SSSR count). The van der Waals surface area contributed by atoms with Crippen LogP contribution in [0.5, 0.6) is 0 Å². The number of aromatic nitrogens is 2. The molecule has 9 heteroatoms. The molecule has 1 N–H and O–H groups in total. The van der Waals surface area contributed by atoms with Crippen molar-refractivity contribution >= 4 is 23.6 Å². The first kappa shape index (κ1) is 18.8. The number of methoxy groups -OCH3 is 1. The van der Waals surface area contributed by atoms with Crippen LogP contribution in [-0.2, 0) is 20.9 Å². The van der Waals surface area contributed by atoms with Crippen LogP contribution in [0.4, 0.5) is 0 Å². The van der Waals surface area contributed by atoms with E-state index in [0.717, 1.165) is 4.68 Å². The zero-order valence-electron chi connectivity index (χ0n) is 13.9. The van der Waals surface area contributed by atoms with Gasteiger partial charge in [0.05, 0.1) is 13.4 Å². The summed E-state index contributed by atoms with van der Waals surface area (Å²) in [5.74, 6) is 0.156. The average molecular weight is 365 g/mol. The summed E-state index contributed by atoms with van der Waals surface area (Å²) in [5.41, 5.74) is 0.00786. The van der Waals surface area contributed by atoms with Gasteiger partial charge in [-0.1, -0.05) is 0 Å². The minimum atomic E-state index is -0.756. The molecule has 0 aliphatic heterocycles. The summed E-state index contributed by atoms with van der Waals surface area (Å²) in [5, 5.41) is 6.70. The van der Waals surface area contributed by atoms with Gasteiger partial charge >= 0.3 is 5.97 Å². The van der Waals surface area contributed by atoms with E-state index in [1.807, 2.05) is 6.26 Å². The molecule has 2 aromatic heterocycles. The van der Waals surface area contributed by atoms with E-state index in [4.69, 9.17) is 9.15 Å². The predicted molar refractivity (Wildman–Crippen MR) is 93.1 cm³/mol. The van der Waals surface area contributed by atoms with Crippen LogP contribution in [0.1, 0.15) is 6.42 Å². The van der Waals surface area contributed by atoms with Gasteiger partial charge in [0.2, 0.25) is 5.91 Å². The molecule has 0 aliphatic carbocycles. The van der Waals surface area contributed by atoms with Gasteiger partial charge in [-0.15, -0.1) is 0 Å². The van der Waals surface area contributed by atoms with Crippen LogP contribution < -0.4 is 10.9 Å². The Bertz CT molecular complexity index is 772. The SMILES string of the molecule is COC(=O)C(CCSC)NC(=O)Cn1nc(-c2ccco2)ccc1=O. The summed E-state index contributed by atoms with van der Waals surface area (Å²) in [6.07, 6.45) is 3.83. The molecule has 1 unspecified atom stereocenters. The number of nitrogens with one attached hydrogen (secondary N) is 1.